The zero-order chi connectivity index (χ0) is 18.7. The monoisotopic (exact) mass is 353 g/mol. The fourth-order valence-corrected chi connectivity index (χ4v) is 2.92. The second-order valence-corrected chi connectivity index (χ2v) is 6.63. The molecule has 0 atom stereocenters. The van der Waals surface area contributed by atoms with Gasteiger partial charge in [0, 0.05) is 18.2 Å². The van der Waals surface area contributed by atoms with Crippen LogP contribution in [0.25, 0.3) is 0 Å². The Hall–Kier alpha value is -2.78. The molecule has 0 bridgehead atoms. The van der Waals surface area contributed by atoms with Crippen molar-refractivity contribution in [2.45, 2.75) is 39.3 Å². The van der Waals surface area contributed by atoms with E-state index in [9.17, 15) is 10.1 Å². The van der Waals surface area contributed by atoms with Crippen LogP contribution < -0.4 is 10.1 Å². The molecule has 1 heterocycles. The molecule has 6 heteroatoms. The summed E-state index contributed by atoms with van der Waals surface area (Å²) >= 11 is 0. The van der Waals surface area contributed by atoms with E-state index in [1.165, 1.54) is 0 Å². The highest BCUT2D eigenvalue weighted by Gasteiger charge is 2.30. The lowest BCUT2D eigenvalue weighted by molar-refractivity contribution is -0.117. The number of amides is 1. The minimum absolute atomic E-state index is 0.171. The second kappa shape index (κ2) is 7.63. The van der Waals surface area contributed by atoms with Gasteiger partial charge in [-0.05, 0) is 44.4 Å². The molecular weight excluding hydrogens is 330 g/mol. The van der Waals surface area contributed by atoms with Gasteiger partial charge in [0.15, 0.2) is 0 Å². The largest absolute Gasteiger partial charge is 0.497 e. The zero-order valence-corrected chi connectivity index (χ0v) is 15.3. The number of methoxy groups -OCH3 is 1. The van der Waals surface area contributed by atoms with Crippen molar-refractivity contribution >= 4 is 11.8 Å². The Kier molecular flexibility index (Phi) is 5.29. The molecule has 26 heavy (non-hydrogen) atoms. The van der Waals surface area contributed by atoms with Crippen LogP contribution in [-0.2, 0) is 11.3 Å². The summed E-state index contributed by atoms with van der Waals surface area (Å²) in [6.07, 6.45) is 2.21. The lowest BCUT2D eigenvalue weighted by Gasteiger charge is -2.21. The number of ether oxygens (including phenoxy) is 1. The average Bonchev–Trinajstić information content (AvgIpc) is 3.43. The Morgan fingerprint density at radius 3 is 2.62 bits per heavy atom. The maximum absolute atomic E-state index is 12.5. The van der Waals surface area contributed by atoms with Crippen LogP contribution in [0.4, 0.5) is 5.88 Å². The van der Waals surface area contributed by atoms with Crippen molar-refractivity contribution in [3.63, 3.8) is 0 Å². The molecule has 0 aliphatic heterocycles. The highest BCUT2D eigenvalue weighted by atomic mass is 16.5. The third kappa shape index (κ3) is 4.06. The van der Waals surface area contributed by atoms with Crippen molar-refractivity contribution in [2.24, 2.45) is 0 Å². The van der Waals surface area contributed by atoms with Crippen LogP contribution in [0.2, 0.25) is 0 Å². The van der Waals surface area contributed by atoms with Crippen LogP contribution in [0.3, 0.4) is 0 Å². The van der Waals surface area contributed by atoms with E-state index in [-0.39, 0.29) is 18.3 Å². The molecule has 6 nitrogen and oxygen atoms in total. The molecule has 0 saturated heterocycles. The molecule has 0 radical (unpaired) electrons. The first kappa shape index (κ1) is 18.0. The van der Waals surface area contributed by atoms with E-state index in [0.717, 1.165) is 29.7 Å². The highest BCUT2D eigenvalue weighted by Crippen LogP contribution is 2.29. The molecule has 1 N–H and O–H groups in total. The Morgan fingerprint density at radius 2 is 2.04 bits per heavy atom. The van der Waals surface area contributed by atoms with Gasteiger partial charge in [-0.2, -0.15) is 5.26 Å². The molecule has 1 aliphatic carbocycles. The normalized spacial score (nSPS) is 13.5. The summed E-state index contributed by atoms with van der Waals surface area (Å²) in [6, 6.07) is 10.4. The first-order valence-corrected chi connectivity index (χ1v) is 8.68. The highest BCUT2D eigenvalue weighted by molar-refractivity contribution is 5.92. The van der Waals surface area contributed by atoms with Crippen LogP contribution in [-0.4, -0.2) is 30.5 Å². The van der Waals surface area contributed by atoms with Crippen LogP contribution in [0.1, 0.15) is 35.3 Å². The minimum Gasteiger partial charge on any atom is -0.497 e. The Balaban J connectivity index is 1.65. The molecule has 1 fully saturated rings. The number of nitrogens with zero attached hydrogens (tertiary/aromatic N) is 2. The quantitative estimate of drug-likeness (QED) is 0.825. The van der Waals surface area contributed by atoms with Crippen LogP contribution in [0, 0.1) is 25.2 Å². The Labute approximate surface area is 153 Å². The number of hydrogen-bond donors (Lipinski definition) is 1. The van der Waals surface area contributed by atoms with Gasteiger partial charge in [-0.15, -0.1) is 0 Å². The number of nitriles is 1. The van der Waals surface area contributed by atoms with Crippen molar-refractivity contribution in [2.75, 3.05) is 19.0 Å². The van der Waals surface area contributed by atoms with Crippen molar-refractivity contribution in [1.29, 1.82) is 5.26 Å². The maximum atomic E-state index is 12.5. The molecule has 1 aromatic heterocycles. The van der Waals surface area contributed by atoms with Gasteiger partial charge in [0.1, 0.15) is 23.1 Å². The lowest BCUT2D eigenvalue weighted by Crippen LogP contribution is -2.34. The first-order valence-electron chi connectivity index (χ1n) is 8.68. The van der Waals surface area contributed by atoms with E-state index in [1.54, 1.807) is 14.0 Å². The van der Waals surface area contributed by atoms with Crippen molar-refractivity contribution in [3.8, 4) is 11.8 Å². The fourth-order valence-electron chi connectivity index (χ4n) is 2.92. The summed E-state index contributed by atoms with van der Waals surface area (Å²) in [5.74, 6) is 1.54. The lowest BCUT2D eigenvalue weighted by atomic mass is 10.2. The van der Waals surface area contributed by atoms with Gasteiger partial charge in [-0.3, -0.25) is 15.0 Å². The van der Waals surface area contributed by atoms with Gasteiger partial charge >= 0.3 is 0 Å². The van der Waals surface area contributed by atoms with Crippen LogP contribution >= 0.6 is 0 Å². The number of benzene rings is 1. The number of rotatable bonds is 7. The third-order valence-electron chi connectivity index (χ3n) is 4.70. The molecule has 0 unspecified atom stereocenters. The summed E-state index contributed by atoms with van der Waals surface area (Å²) in [5, 5.41) is 12.0. The molecule has 1 aliphatic rings. The molecule has 3 rings (SSSR count). The fraction of sp³-hybridized carbons (Fsp3) is 0.400. The first-order chi connectivity index (χ1) is 12.5. The smallest absolute Gasteiger partial charge is 0.240 e. The van der Waals surface area contributed by atoms with E-state index in [2.05, 4.69) is 16.3 Å². The Morgan fingerprint density at radius 1 is 1.35 bits per heavy atom. The van der Waals surface area contributed by atoms with Crippen molar-refractivity contribution in [3.05, 3.63) is 46.7 Å². The predicted octanol–water partition coefficient (Wildman–Crippen LogP) is 3.38. The number of carbonyl (C=O) groups excluding carboxylic acids is 1. The number of nitrogens with one attached hydrogen (secondary N) is 1. The molecular formula is C20H23N3O3. The number of hydrogen-bond acceptors (Lipinski definition) is 5. The van der Waals surface area contributed by atoms with E-state index >= 15 is 0 Å². The molecule has 2 aromatic rings. The number of anilines is 1. The summed E-state index contributed by atoms with van der Waals surface area (Å²) in [7, 11) is 1.64. The second-order valence-electron chi connectivity index (χ2n) is 6.63. The SMILES string of the molecule is COc1ccc(CN(CC(=O)Nc2oc(C)c(C)c2C#N)C2CC2)cc1. The van der Waals surface area contributed by atoms with Gasteiger partial charge in [0.2, 0.25) is 11.8 Å². The van der Waals surface area contributed by atoms with Gasteiger partial charge in [0.05, 0.1) is 13.7 Å². The molecule has 1 saturated carbocycles. The number of carbonyl (C=O) groups is 1. The van der Waals surface area contributed by atoms with E-state index in [4.69, 9.17) is 9.15 Å². The molecule has 1 aromatic carbocycles. The van der Waals surface area contributed by atoms with Crippen molar-refractivity contribution < 1.29 is 13.9 Å². The molecule has 0 spiro atoms. The number of furan rings is 1. The van der Waals surface area contributed by atoms with Gasteiger partial charge in [-0.1, -0.05) is 12.1 Å². The van der Waals surface area contributed by atoms with Crippen LogP contribution in [0.5, 0.6) is 5.75 Å². The van der Waals surface area contributed by atoms with Crippen LogP contribution in [0.15, 0.2) is 28.7 Å². The maximum Gasteiger partial charge on any atom is 0.240 e. The van der Waals surface area contributed by atoms with E-state index in [1.807, 2.05) is 31.2 Å². The average molecular weight is 353 g/mol. The van der Waals surface area contributed by atoms with Gasteiger partial charge in [0.25, 0.3) is 0 Å². The summed E-state index contributed by atoms with van der Waals surface area (Å²) in [6.45, 7) is 4.56. The minimum atomic E-state index is -0.171. The van der Waals surface area contributed by atoms with E-state index < -0.39 is 0 Å². The molecule has 136 valence electrons. The summed E-state index contributed by atoms with van der Waals surface area (Å²) in [4.78, 5) is 14.7. The van der Waals surface area contributed by atoms with Crippen molar-refractivity contribution in [1.82, 2.24) is 4.90 Å². The zero-order valence-electron chi connectivity index (χ0n) is 15.3. The summed E-state index contributed by atoms with van der Waals surface area (Å²) in [5.41, 5.74) is 2.29. The topological polar surface area (TPSA) is 78.5 Å². The van der Waals surface area contributed by atoms with Gasteiger partial charge < -0.3 is 9.15 Å². The van der Waals surface area contributed by atoms with E-state index in [0.29, 0.717) is 23.9 Å². The standard InChI is InChI=1S/C20H23N3O3/c1-13-14(2)26-20(18(13)10-21)22-19(24)12-23(16-6-7-16)11-15-4-8-17(25-3)9-5-15/h4-5,8-9,16H,6-7,11-12H2,1-3H3,(H,22,24). The predicted molar refractivity (Wildman–Crippen MR) is 98.0 cm³/mol. The Bertz CT molecular complexity index is 829. The molecule has 1 amide bonds. The summed E-state index contributed by atoms with van der Waals surface area (Å²) < 4.78 is 10.7. The number of aryl methyl sites for hydroxylation is 1. The third-order valence-corrected chi connectivity index (χ3v) is 4.70. The van der Waals surface area contributed by atoms with Gasteiger partial charge in [-0.25, -0.2) is 0 Å².